The Bertz CT molecular complexity index is 619. The fraction of sp³-hybridized carbons (Fsp3) is 0.500. The maximum atomic E-state index is 8.89. The number of ether oxygens (including phenoxy) is 1. The molecule has 0 aliphatic heterocycles. The van der Waals surface area contributed by atoms with Gasteiger partial charge in [-0.3, -0.25) is 0 Å². The number of allylic oxidation sites excluding steroid dienone is 1. The third-order valence-electron chi connectivity index (χ3n) is 4.97. The molecule has 3 rings (SSSR count). The van der Waals surface area contributed by atoms with Crippen molar-refractivity contribution in [1.82, 2.24) is 0 Å². The summed E-state index contributed by atoms with van der Waals surface area (Å²) < 4.78 is 5.58. The SMILES string of the molecule is COC1CCC2=C(C1)C(C)(C)c1cc(CC#N)ccc12. The molecule has 0 radical (unpaired) electrons. The van der Waals surface area contributed by atoms with Crippen LogP contribution in [0.15, 0.2) is 23.8 Å². The normalized spacial score (nSPS) is 23.2. The minimum absolute atomic E-state index is 0.0767. The first-order valence-electron chi connectivity index (χ1n) is 7.34. The van der Waals surface area contributed by atoms with Crippen LogP contribution in [0.2, 0.25) is 0 Å². The van der Waals surface area contributed by atoms with E-state index < -0.39 is 0 Å². The highest BCUT2D eigenvalue weighted by Crippen LogP contribution is 2.52. The highest BCUT2D eigenvalue weighted by atomic mass is 16.5. The summed E-state index contributed by atoms with van der Waals surface area (Å²) in [5.41, 5.74) is 7.07. The van der Waals surface area contributed by atoms with Crippen LogP contribution < -0.4 is 0 Å². The van der Waals surface area contributed by atoms with E-state index in [1.165, 1.54) is 16.7 Å². The highest BCUT2D eigenvalue weighted by molar-refractivity contribution is 5.81. The van der Waals surface area contributed by atoms with Gasteiger partial charge in [-0.25, -0.2) is 0 Å². The molecule has 0 N–H and O–H groups in total. The second-order valence-electron chi connectivity index (χ2n) is 6.40. The van der Waals surface area contributed by atoms with Gasteiger partial charge in [0, 0.05) is 12.5 Å². The van der Waals surface area contributed by atoms with Crippen LogP contribution in [0, 0.1) is 11.3 Å². The first-order chi connectivity index (χ1) is 9.57. The molecule has 0 saturated heterocycles. The molecular weight excluding hydrogens is 246 g/mol. The molecule has 0 fully saturated rings. The lowest BCUT2D eigenvalue weighted by atomic mass is 9.76. The zero-order valence-corrected chi connectivity index (χ0v) is 12.5. The van der Waals surface area contributed by atoms with Gasteiger partial charge in [0.15, 0.2) is 0 Å². The predicted octanol–water partition coefficient (Wildman–Crippen LogP) is 4.00. The molecule has 0 bridgehead atoms. The second-order valence-corrected chi connectivity index (χ2v) is 6.40. The summed E-state index contributed by atoms with van der Waals surface area (Å²) >= 11 is 0. The minimum Gasteiger partial charge on any atom is -0.381 e. The Hall–Kier alpha value is -1.59. The van der Waals surface area contributed by atoms with Crippen LogP contribution >= 0.6 is 0 Å². The predicted molar refractivity (Wildman–Crippen MR) is 80.4 cm³/mol. The topological polar surface area (TPSA) is 33.0 Å². The lowest BCUT2D eigenvalue weighted by molar-refractivity contribution is 0.0913. The maximum Gasteiger partial charge on any atom is 0.0669 e. The molecule has 0 amide bonds. The monoisotopic (exact) mass is 267 g/mol. The molecule has 104 valence electrons. The van der Waals surface area contributed by atoms with Gasteiger partial charge in [-0.2, -0.15) is 5.26 Å². The zero-order chi connectivity index (χ0) is 14.3. The van der Waals surface area contributed by atoms with Gasteiger partial charge in [0.1, 0.15) is 0 Å². The van der Waals surface area contributed by atoms with Gasteiger partial charge < -0.3 is 4.74 Å². The summed E-state index contributed by atoms with van der Waals surface area (Å²) in [6.07, 6.45) is 4.13. The third-order valence-corrected chi connectivity index (χ3v) is 4.97. The Balaban J connectivity index is 2.06. The van der Waals surface area contributed by atoms with Crippen molar-refractivity contribution in [2.75, 3.05) is 7.11 Å². The van der Waals surface area contributed by atoms with Crippen molar-refractivity contribution in [3.05, 3.63) is 40.5 Å². The van der Waals surface area contributed by atoms with Crippen LogP contribution in [0.4, 0.5) is 0 Å². The van der Waals surface area contributed by atoms with Gasteiger partial charge in [-0.05, 0) is 41.5 Å². The molecule has 0 heterocycles. The summed E-state index contributed by atoms with van der Waals surface area (Å²) in [5.74, 6) is 0. The Morgan fingerprint density at radius 2 is 2.20 bits per heavy atom. The molecule has 20 heavy (non-hydrogen) atoms. The Morgan fingerprint density at radius 1 is 1.40 bits per heavy atom. The van der Waals surface area contributed by atoms with Crippen molar-refractivity contribution in [2.24, 2.45) is 0 Å². The van der Waals surface area contributed by atoms with E-state index in [1.54, 1.807) is 5.57 Å². The molecule has 2 aliphatic rings. The van der Waals surface area contributed by atoms with Crippen LogP contribution in [-0.2, 0) is 16.6 Å². The lowest BCUT2D eigenvalue weighted by Crippen LogP contribution is -2.24. The van der Waals surface area contributed by atoms with Crippen molar-refractivity contribution in [1.29, 1.82) is 5.26 Å². The molecule has 0 saturated carbocycles. The van der Waals surface area contributed by atoms with Crippen molar-refractivity contribution in [3.63, 3.8) is 0 Å². The van der Waals surface area contributed by atoms with Gasteiger partial charge in [0.05, 0.1) is 18.6 Å². The average Bonchev–Trinajstić information content (AvgIpc) is 2.68. The lowest BCUT2D eigenvalue weighted by Gasteiger charge is -2.30. The van der Waals surface area contributed by atoms with Crippen LogP contribution in [0.3, 0.4) is 0 Å². The smallest absolute Gasteiger partial charge is 0.0669 e. The van der Waals surface area contributed by atoms with E-state index in [2.05, 4.69) is 38.1 Å². The van der Waals surface area contributed by atoms with Gasteiger partial charge in [-0.1, -0.05) is 37.6 Å². The Kier molecular flexibility index (Phi) is 3.18. The number of hydrogen-bond acceptors (Lipinski definition) is 2. The molecular formula is C18H21NO. The maximum absolute atomic E-state index is 8.89. The molecule has 0 aromatic heterocycles. The first-order valence-corrected chi connectivity index (χ1v) is 7.34. The van der Waals surface area contributed by atoms with Gasteiger partial charge in [-0.15, -0.1) is 0 Å². The van der Waals surface area contributed by atoms with E-state index in [0.29, 0.717) is 12.5 Å². The molecule has 1 atom stereocenters. The molecule has 1 unspecified atom stereocenters. The summed E-state index contributed by atoms with van der Waals surface area (Å²) in [5, 5.41) is 8.89. The fourth-order valence-corrected chi connectivity index (χ4v) is 3.78. The van der Waals surface area contributed by atoms with E-state index >= 15 is 0 Å². The van der Waals surface area contributed by atoms with Crippen molar-refractivity contribution >= 4 is 5.57 Å². The van der Waals surface area contributed by atoms with Crippen LogP contribution in [0.25, 0.3) is 5.57 Å². The van der Waals surface area contributed by atoms with Crippen molar-refractivity contribution < 1.29 is 4.74 Å². The number of benzene rings is 1. The van der Waals surface area contributed by atoms with Crippen LogP contribution in [0.1, 0.15) is 49.8 Å². The quantitative estimate of drug-likeness (QED) is 0.811. The Labute approximate surface area is 121 Å². The average molecular weight is 267 g/mol. The highest BCUT2D eigenvalue weighted by Gasteiger charge is 2.40. The number of fused-ring (bicyclic) bond motifs is 2. The summed E-state index contributed by atoms with van der Waals surface area (Å²) in [6.45, 7) is 4.62. The molecule has 1 aromatic carbocycles. The van der Waals surface area contributed by atoms with E-state index in [1.807, 2.05) is 7.11 Å². The molecule has 2 heteroatoms. The zero-order valence-electron chi connectivity index (χ0n) is 12.5. The molecule has 2 nitrogen and oxygen atoms in total. The van der Waals surface area contributed by atoms with E-state index in [0.717, 1.165) is 24.8 Å². The number of nitriles is 1. The minimum atomic E-state index is 0.0767. The van der Waals surface area contributed by atoms with E-state index in [-0.39, 0.29) is 5.41 Å². The van der Waals surface area contributed by atoms with Crippen molar-refractivity contribution in [2.45, 2.75) is 51.0 Å². The van der Waals surface area contributed by atoms with Gasteiger partial charge >= 0.3 is 0 Å². The summed E-state index contributed by atoms with van der Waals surface area (Å²) in [6, 6.07) is 8.81. The number of rotatable bonds is 2. The summed E-state index contributed by atoms with van der Waals surface area (Å²) in [4.78, 5) is 0. The van der Waals surface area contributed by atoms with E-state index in [9.17, 15) is 0 Å². The first kappa shape index (κ1) is 13.4. The molecule has 2 aliphatic carbocycles. The standard InChI is InChI=1S/C18H21NO/c1-18(2)16-10-12(8-9-19)4-6-14(16)15-7-5-13(20-3)11-17(15)18/h4,6,10,13H,5,7-8,11H2,1-3H3. The molecule has 1 aromatic rings. The van der Waals surface area contributed by atoms with Crippen LogP contribution in [-0.4, -0.2) is 13.2 Å². The fourth-order valence-electron chi connectivity index (χ4n) is 3.78. The number of nitrogens with zero attached hydrogens (tertiary/aromatic N) is 1. The number of hydrogen-bond donors (Lipinski definition) is 0. The largest absolute Gasteiger partial charge is 0.381 e. The van der Waals surface area contributed by atoms with E-state index in [4.69, 9.17) is 10.00 Å². The second kappa shape index (κ2) is 4.75. The van der Waals surface area contributed by atoms with Gasteiger partial charge in [0.2, 0.25) is 0 Å². The van der Waals surface area contributed by atoms with Gasteiger partial charge in [0.25, 0.3) is 0 Å². The summed E-state index contributed by atoms with van der Waals surface area (Å²) in [7, 11) is 1.82. The number of methoxy groups -OCH3 is 1. The molecule has 0 spiro atoms. The van der Waals surface area contributed by atoms with Crippen LogP contribution in [0.5, 0.6) is 0 Å². The Morgan fingerprint density at radius 3 is 2.90 bits per heavy atom. The third kappa shape index (κ3) is 1.89. The van der Waals surface area contributed by atoms with Crippen molar-refractivity contribution in [3.8, 4) is 6.07 Å².